The highest BCUT2D eigenvalue weighted by atomic mass is 32.1. The lowest BCUT2D eigenvalue weighted by atomic mass is 9.92. The van der Waals surface area contributed by atoms with Gasteiger partial charge < -0.3 is 0 Å². The average Bonchev–Trinajstić information content (AvgIpc) is 3.22. The molecule has 0 fully saturated rings. The maximum absolute atomic E-state index is 2.37. The number of rotatable bonds is 1. The standard InChI is InChI=1S/C30H18S/c1-2-9-23-21(7-1)22-8-3-4-10-24(22)27-17-19(13-15-25(23)27)20-14-16-30-28(18-20)26-11-5-6-12-29(26)31-30/h1-18H. The van der Waals surface area contributed by atoms with Gasteiger partial charge in [0, 0.05) is 20.2 Å². The number of hydrogen-bond donors (Lipinski definition) is 0. The number of hydrogen-bond acceptors (Lipinski definition) is 1. The zero-order valence-corrected chi connectivity index (χ0v) is 17.6. The van der Waals surface area contributed by atoms with Gasteiger partial charge in [0.25, 0.3) is 0 Å². The van der Waals surface area contributed by atoms with Gasteiger partial charge in [0.2, 0.25) is 0 Å². The van der Waals surface area contributed by atoms with E-state index in [4.69, 9.17) is 0 Å². The number of benzene rings is 6. The van der Waals surface area contributed by atoms with Crippen LogP contribution in [0.3, 0.4) is 0 Å². The van der Waals surface area contributed by atoms with Crippen molar-refractivity contribution in [2.24, 2.45) is 0 Å². The van der Waals surface area contributed by atoms with E-state index in [1.807, 2.05) is 11.3 Å². The van der Waals surface area contributed by atoms with Crippen molar-refractivity contribution in [3.05, 3.63) is 109 Å². The Morgan fingerprint density at radius 1 is 0.323 bits per heavy atom. The van der Waals surface area contributed by atoms with Gasteiger partial charge in [0.1, 0.15) is 0 Å². The predicted molar refractivity (Wildman–Crippen MR) is 137 cm³/mol. The Hall–Kier alpha value is -3.68. The second-order valence-corrected chi connectivity index (χ2v) is 9.24. The Balaban J connectivity index is 1.54. The van der Waals surface area contributed by atoms with Crippen LogP contribution in [0, 0.1) is 0 Å². The molecular formula is C30H18S. The summed E-state index contributed by atoms with van der Waals surface area (Å²) in [4.78, 5) is 0. The van der Waals surface area contributed by atoms with E-state index in [0.717, 1.165) is 0 Å². The molecule has 31 heavy (non-hydrogen) atoms. The van der Waals surface area contributed by atoms with Gasteiger partial charge in [0.05, 0.1) is 0 Å². The highest BCUT2D eigenvalue weighted by Crippen LogP contribution is 2.39. The van der Waals surface area contributed by atoms with E-state index < -0.39 is 0 Å². The summed E-state index contributed by atoms with van der Waals surface area (Å²) in [6.45, 7) is 0. The van der Waals surface area contributed by atoms with Crippen molar-refractivity contribution in [2.75, 3.05) is 0 Å². The molecule has 0 amide bonds. The molecule has 1 heteroatoms. The van der Waals surface area contributed by atoms with E-state index in [2.05, 4.69) is 109 Å². The van der Waals surface area contributed by atoms with Crippen molar-refractivity contribution in [3.8, 4) is 11.1 Å². The molecule has 1 heterocycles. The minimum Gasteiger partial charge on any atom is -0.135 e. The highest BCUT2D eigenvalue weighted by molar-refractivity contribution is 7.25. The molecular weight excluding hydrogens is 392 g/mol. The smallest absolute Gasteiger partial charge is 0.0355 e. The molecule has 0 radical (unpaired) electrons. The lowest BCUT2D eigenvalue weighted by Crippen LogP contribution is -1.85. The molecule has 0 aliphatic carbocycles. The molecule has 0 spiro atoms. The van der Waals surface area contributed by atoms with E-state index in [1.54, 1.807) is 0 Å². The van der Waals surface area contributed by atoms with Gasteiger partial charge in [-0.15, -0.1) is 11.3 Å². The van der Waals surface area contributed by atoms with Crippen LogP contribution in [0.2, 0.25) is 0 Å². The molecule has 0 atom stereocenters. The van der Waals surface area contributed by atoms with Gasteiger partial charge in [-0.3, -0.25) is 0 Å². The molecule has 0 aliphatic heterocycles. The molecule has 6 aromatic carbocycles. The first-order chi connectivity index (χ1) is 15.4. The van der Waals surface area contributed by atoms with Gasteiger partial charge in [-0.25, -0.2) is 0 Å². The van der Waals surface area contributed by atoms with E-state index >= 15 is 0 Å². The van der Waals surface area contributed by atoms with Crippen LogP contribution in [0.5, 0.6) is 0 Å². The van der Waals surface area contributed by atoms with Crippen molar-refractivity contribution in [1.82, 2.24) is 0 Å². The minimum absolute atomic E-state index is 1.27. The summed E-state index contributed by atoms with van der Waals surface area (Å²) in [5.74, 6) is 0. The van der Waals surface area contributed by atoms with Crippen LogP contribution >= 0.6 is 11.3 Å². The lowest BCUT2D eigenvalue weighted by molar-refractivity contribution is 1.71. The summed E-state index contributed by atoms with van der Waals surface area (Å²) in [7, 11) is 0. The molecule has 1 aromatic heterocycles. The van der Waals surface area contributed by atoms with Gasteiger partial charge in [0.15, 0.2) is 0 Å². The normalized spacial score (nSPS) is 11.9. The summed E-state index contributed by atoms with van der Waals surface area (Å²) >= 11 is 1.87. The zero-order chi connectivity index (χ0) is 20.4. The third kappa shape index (κ3) is 2.47. The van der Waals surface area contributed by atoms with Gasteiger partial charge in [-0.05, 0) is 67.7 Å². The third-order valence-electron chi connectivity index (χ3n) is 6.45. The van der Waals surface area contributed by atoms with E-state index in [9.17, 15) is 0 Å². The Morgan fingerprint density at radius 3 is 1.45 bits per heavy atom. The summed E-state index contributed by atoms with van der Waals surface area (Å²) in [6.07, 6.45) is 0. The minimum atomic E-state index is 1.27. The Kier molecular flexibility index (Phi) is 3.52. The zero-order valence-electron chi connectivity index (χ0n) is 16.8. The maximum Gasteiger partial charge on any atom is 0.0355 e. The van der Waals surface area contributed by atoms with Crippen molar-refractivity contribution >= 4 is 63.8 Å². The fourth-order valence-electron chi connectivity index (χ4n) is 4.99. The van der Waals surface area contributed by atoms with Crippen LogP contribution in [0.25, 0.3) is 63.6 Å². The molecule has 0 saturated heterocycles. The summed E-state index contributed by atoms with van der Waals surface area (Å²) in [6, 6.07) is 40.1. The molecule has 7 aromatic rings. The number of fused-ring (bicyclic) bond motifs is 9. The van der Waals surface area contributed by atoms with E-state index in [0.29, 0.717) is 0 Å². The van der Waals surface area contributed by atoms with Gasteiger partial charge in [-0.2, -0.15) is 0 Å². The summed E-state index contributed by atoms with van der Waals surface area (Å²) < 4.78 is 2.70. The van der Waals surface area contributed by atoms with Crippen molar-refractivity contribution in [2.45, 2.75) is 0 Å². The Labute approximate surface area is 184 Å². The topological polar surface area (TPSA) is 0 Å². The predicted octanol–water partition coefficient (Wildman–Crippen LogP) is 9.18. The van der Waals surface area contributed by atoms with Crippen LogP contribution < -0.4 is 0 Å². The van der Waals surface area contributed by atoms with Crippen LogP contribution in [0.1, 0.15) is 0 Å². The monoisotopic (exact) mass is 410 g/mol. The first-order valence-corrected chi connectivity index (χ1v) is 11.4. The van der Waals surface area contributed by atoms with Crippen LogP contribution in [0.15, 0.2) is 109 Å². The van der Waals surface area contributed by atoms with E-state index in [-0.39, 0.29) is 0 Å². The molecule has 144 valence electrons. The summed E-state index contributed by atoms with van der Waals surface area (Å²) in [5.41, 5.74) is 2.54. The molecule has 0 N–H and O–H groups in total. The highest BCUT2D eigenvalue weighted by Gasteiger charge is 2.11. The Morgan fingerprint density at radius 2 is 0.774 bits per heavy atom. The fourth-order valence-corrected chi connectivity index (χ4v) is 6.08. The average molecular weight is 411 g/mol. The SMILES string of the molecule is c1ccc2c(c1)sc1ccc(-c3ccc4c5ccccc5c5ccccc5c4c3)cc12. The van der Waals surface area contributed by atoms with Crippen LogP contribution in [-0.4, -0.2) is 0 Å². The van der Waals surface area contributed by atoms with Crippen molar-refractivity contribution in [1.29, 1.82) is 0 Å². The molecule has 7 rings (SSSR count). The van der Waals surface area contributed by atoms with Crippen molar-refractivity contribution in [3.63, 3.8) is 0 Å². The number of thiophene rings is 1. The summed E-state index contributed by atoms with van der Waals surface area (Å²) in [5, 5.41) is 10.6. The Bertz CT molecular complexity index is 1750. The molecule has 0 unspecified atom stereocenters. The maximum atomic E-state index is 2.37. The lowest BCUT2D eigenvalue weighted by Gasteiger charge is -2.12. The second-order valence-electron chi connectivity index (χ2n) is 8.16. The van der Waals surface area contributed by atoms with E-state index in [1.165, 1.54) is 63.6 Å². The largest absolute Gasteiger partial charge is 0.135 e. The molecule has 0 aliphatic rings. The van der Waals surface area contributed by atoms with Crippen LogP contribution in [0.4, 0.5) is 0 Å². The van der Waals surface area contributed by atoms with Gasteiger partial charge >= 0.3 is 0 Å². The van der Waals surface area contributed by atoms with Gasteiger partial charge in [-0.1, -0.05) is 84.9 Å². The molecule has 0 bridgehead atoms. The fraction of sp³-hybridized carbons (Fsp3) is 0. The second kappa shape index (κ2) is 6.41. The third-order valence-corrected chi connectivity index (χ3v) is 7.61. The molecule has 0 nitrogen and oxygen atoms in total. The quantitative estimate of drug-likeness (QED) is 0.237. The molecule has 0 saturated carbocycles. The first-order valence-electron chi connectivity index (χ1n) is 10.6. The van der Waals surface area contributed by atoms with Crippen LogP contribution in [-0.2, 0) is 0 Å². The van der Waals surface area contributed by atoms with Crippen molar-refractivity contribution < 1.29 is 0 Å². The first kappa shape index (κ1) is 17.0.